The van der Waals surface area contributed by atoms with Crippen molar-refractivity contribution in [1.29, 1.82) is 0 Å². The quantitative estimate of drug-likeness (QED) is 0.828. The third kappa shape index (κ3) is 2.95. The number of ether oxygens (including phenoxy) is 1. The number of carbonyl (C=O) groups excluding carboxylic acids is 1. The summed E-state index contributed by atoms with van der Waals surface area (Å²) in [6.07, 6.45) is 0.799. The monoisotopic (exact) mass is 345 g/mol. The van der Waals surface area contributed by atoms with Gasteiger partial charge in [-0.2, -0.15) is 10.1 Å². The first-order valence-corrected chi connectivity index (χ1v) is 8.79. The Kier molecular flexibility index (Phi) is 4.07. The third-order valence-corrected chi connectivity index (χ3v) is 5.15. The molecule has 4 heterocycles. The van der Waals surface area contributed by atoms with E-state index in [9.17, 15) is 4.79 Å². The molecular weight excluding hydrogens is 322 g/mol. The molecule has 2 aromatic rings. The molecule has 2 aliphatic heterocycles. The van der Waals surface area contributed by atoms with E-state index in [0.717, 1.165) is 5.69 Å². The highest BCUT2D eigenvalue weighted by atomic mass is 16.5. The smallest absolute Gasteiger partial charge is 0.272 e. The molecule has 2 aromatic heterocycles. The number of rotatable bonds is 4. The summed E-state index contributed by atoms with van der Waals surface area (Å²) in [4.78, 5) is 19.1. The van der Waals surface area contributed by atoms with Gasteiger partial charge in [-0.25, -0.2) is 0 Å². The van der Waals surface area contributed by atoms with Crippen LogP contribution >= 0.6 is 0 Å². The lowest BCUT2D eigenvalue weighted by molar-refractivity contribution is 0.0666. The Hall–Kier alpha value is -2.22. The van der Waals surface area contributed by atoms with Crippen molar-refractivity contribution in [2.24, 2.45) is 11.8 Å². The van der Waals surface area contributed by atoms with Crippen molar-refractivity contribution in [2.75, 3.05) is 19.7 Å². The van der Waals surface area contributed by atoms with Gasteiger partial charge in [0, 0.05) is 32.0 Å². The molecule has 25 heavy (non-hydrogen) atoms. The van der Waals surface area contributed by atoms with E-state index in [-0.39, 0.29) is 12.0 Å². The average Bonchev–Trinajstić information content (AvgIpc) is 3.32. The van der Waals surface area contributed by atoms with E-state index in [1.165, 1.54) is 0 Å². The number of aryl methyl sites for hydroxylation is 3. The van der Waals surface area contributed by atoms with Crippen molar-refractivity contribution < 1.29 is 14.1 Å². The molecule has 2 fully saturated rings. The fraction of sp³-hybridized carbons (Fsp3) is 0.647. The molecular formula is C17H23N5O3. The zero-order valence-electron chi connectivity index (χ0n) is 14.8. The molecule has 4 rings (SSSR count). The number of hydrogen-bond acceptors (Lipinski definition) is 6. The van der Waals surface area contributed by atoms with Crippen LogP contribution in [0.3, 0.4) is 0 Å². The van der Waals surface area contributed by atoms with E-state index >= 15 is 0 Å². The maximum Gasteiger partial charge on any atom is 0.272 e. The van der Waals surface area contributed by atoms with Gasteiger partial charge in [0.15, 0.2) is 5.82 Å². The zero-order valence-corrected chi connectivity index (χ0v) is 14.8. The highest BCUT2D eigenvalue weighted by molar-refractivity contribution is 5.93. The Labute approximate surface area is 146 Å². The van der Waals surface area contributed by atoms with Crippen LogP contribution in [0.2, 0.25) is 0 Å². The molecule has 2 aliphatic rings. The molecule has 8 nitrogen and oxygen atoms in total. The van der Waals surface area contributed by atoms with E-state index in [4.69, 9.17) is 9.26 Å². The minimum Gasteiger partial charge on any atom is -0.376 e. The van der Waals surface area contributed by atoms with Crippen LogP contribution in [0.4, 0.5) is 0 Å². The van der Waals surface area contributed by atoms with E-state index < -0.39 is 0 Å². The largest absolute Gasteiger partial charge is 0.376 e. The first-order valence-electron chi connectivity index (χ1n) is 8.79. The highest BCUT2D eigenvalue weighted by Gasteiger charge is 2.46. The second kappa shape index (κ2) is 6.25. The lowest BCUT2D eigenvalue weighted by Gasteiger charge is -2.19. The van der Waals surface area contributed by atoms with E-state index in [1.807, 2.05) is 31.7 Å². The Morgan fingerprint density at radius 1 is 1.36 bits per heavy atom. The third-order valence-electron chi connectivity index (χ3n) is 5.15. The van der Waals surface area contributed by atoms with Crippen molar-refractivity contribution in [3.05, 3.63) is 29.2 Å². The molecule has 1 amide bonds. The number of hydrogen-bond donors (Lipinski definition) is 0. The Morgan fingerprint density at radius 2 is 2.20 bits per heavy atom. The van der Waals surface area contributed by atoms with Gasteiger partial charge in [-0.1, -0.05) is 5.16 Å². The Bertz CT molecular complexity index is 783. The van der Waals surface area contributed by atoms with Crippen LogP contribution in [0, 0.1) is 25.7 Å². The van der Waals surface area contributed by atoms with Crippen LogP contribution in [0.25, 0.3) is 0 Å². The van der Waals surface area contributed by atoms with Gasteiger partial charge in [-0.3, -0.25) is 9.48 Å². The van der Waals surface area contributed by atoms with Crippen LogP contribution in [-0.4, -0.2) is 56.5 Å². The second-order valence-electron chi connectivity index (χ2n) is 6.93. The summed E-state index contributed by atoms with van der Waals surface area (Å²) in [7, 11) is 0. The maximum atomic E-state index is 12.9. The first-order chi connectivity index (χ1) is 12.0. The second-order valence-corrected chi connectivity index (χ2v) is 6.93. The van der Waals surface area contributed by atoms with Gasteiger partial charge in [0.1, 0.15) is 5.69 Å². The predicted molar refractivity (Wildman–Crippen MR) is 88.0 cm³/mol. The van der Waals surface area contributed by atoms with Crippen molar-refractivity contribution in [3.8, 4) is 0 Å². The van der Waals surface area contributed by atoms with Crippen LogP contribution < -0.4 is 0 Å². The average molecular weight is 345 g/mol. The van der Waals surface area contributed by atoms with Gasteiger partial charge in [-0.05, 0) is 32.8 Å². The predicted octanol–water partition coefficient (Wildman–Crippen LogP) is 1.23. The summed E-state index contributed by atoms with van der Waals surface area (Å²) < 4.78 is 13.0. The molecule has 0 N–H and O–H groups in total. The van der Waals surface area contributed by atoms with Gasteiger partial charge in [0.2, 0.25) is 5.89 Å². The molecule has 2 saturated heterocycles. The van der Waals surface area contributed by atoms with E-state index in [2.05, 4.69) is 15.2 Å². The van der Waals surface area contributed by atoms with E-state index in [0.29, 0.717) is 61.9 Å². The number of nitrogens with zero attached hydrogens (tertiary/aromatic N) is 5. The molecule has 134 valence electrons. The van der Waals surface area contributed by atoms with Gasteiger partial charge >= 0.3 is 0 Å². The molecule has 0 spiro atoms. The van der Waals surface area contributed by atoms with Crippen LogP contribution in [-0.2, 0) is 17.7 Å². The Morgan fingerprint density at radius 3 is 2.92 bits per heavy atom. The number of carbonyl (C=O) groups is 1. The normalized spacial score (nSPS) is 25.6. The minimum atomic E-state index is 0.0350. The lowest BCUT2D eigenvalue weighted by Crippen LogP contribution is -2.33. The molecule has 0 saturated carbocycles. The topological polar surface area (TPSA) is 86.3 Å². The molecule has 0 bridgehead atoms. The van der Waals surface area contributed by atoms with Gasteiger partial charge in [0.05, 0.1) is 18.4 Å². The zero-order chi connectivity index (χ0) is 17.6. The number of amides is 1. The minimum absolute atomic E-state index is 0.0350. The van der Waals surface area contributed by atoms with Gasteiger partial charge in [0.25, 0.3) is 5.91 Å². The number of aromatic nitrogens is 4. The van der Waals surface area contributed by atoms with Crippen LogP contribution in [0.1, 0.15) is 34.8 Å². The van der Waals surface area contributed by atoms with E-state index in [1.54, 1.807) is 4.68 Å². The van der Waals surface area contributed by atoms with Crippen molar-refractivity contribution in [2.45, 2.75) is 39.8 Å². The lowest BCUT2D eigenvalue weighted by atomic mass is 9.90. The standard InChI is InChI=1S/C17H23N5O3/c1-4-22-14(5-10(2)19-22)17(23)21-7-13-12(9-24-15(13)8-21)6-16-18-11(3)20-25-16/h5,12-13,15H,4,6-9H2,1-3H3/t12-,13+,15+/m0/s1. The number of likely N-dealkylation sites (tertiary alicyclic amines) is 1. The summed E-state index contributed by atoms with van der Waals surface area (Å²) >= 11 is 0. The highest BCUT2D eigenvalue weighted by Crippen LogP contribution is 2.36. The molecule has 8 heteroatoms. The van der Waals surface area contributed by atoms with Gasteiger partial charge in [-0.15, -0.1) is 0 Å². The van der Waals surface area contributed by atoms with Crippen LogP contribution in [0.15, 0.2) is 10.6 Å². The molecule has 0 aliphatic carbocycles. The van der Waals surface area contributed by atoms with Crippen molar-refractivity contribution in [3.63, 3.8) is 0 Å². The summed E-state index contributed by atoms with van der Waals surface area (Å²) in [5.41, 5.74) is 1.52. The van der Waals surface area contributed by atoms with Crippen LogP contribution in [0.5, 0.6) is 0 Å². The fourth-order valence-corrected chi connectivity index (χ4v) is 3.94. The first kappa shape index (κ1) is 16.3. The van der Waals surface area contributed by atoms with Crippen molar-refractivity contribution in [1.82, 2.24) is 24.8 Å². The fourth-order valence-electron chi connectivity index (χ4n) is 3.94. The SMILES string of the molecule is CCn1nc(C)cc1C(=O)N1C[C@@H]2[C@@H](Cc3nc(C)no3)CO[C@@H]2C1. The summed E-state index contributed by atoms with van der Waals surface area (Å²) in [6, 6.07) is 1.86. The van der Waals surface area contributed by atoms with Crippen molar-refractivity contribution >= 4 is 5.91 Å². The molecule has 3 atom stereocenters. The van der Waals surface area contributed by atoms with Gasteiger partial charge < -0.3 is 14.2 Å². The Balaban J connectivity index is 1.46. The molecule has 0 unspecified atom stereocenters. The molecule has 0 aromatic carbocycles. The summed E-state index contributed by atoms with van der Waals surface area (Å²) in [6.45, 7) is 8.43. The summed E-state index contributed by atoms with van der Waals surface area (Å²) in [5.74, 6) is 1.96. The summed E-state index contributed by atoms with van der Waals surface area (Å²) in [5, 5.41) is 8.22. The maximum absolute atomic E-state index is 12.9. The molecule has 0 radical (unpaired) electrons. The number of fused-ring (bicyclic) bond motifs is 1.